The van der Waals surface area contributed by atoms with Gasteiger partial charge in [0.1, 0.15) is 23.9 Å². The summed E-state index contributed by atoms with van der Waals surface area (Å²) in [6.45, 7) is 5.74. The van der Waals surface area contributed by atoms with Crippen molar-refractivity contribution in [2.24, 2.45) is 0 Å². The van der Waals surface area contributed by atoms with Crippen LogP contribution in [0.2, 0.25) is 0 Å². The number of nitrogens with zero attached hydrogens (tertiary/aromatic N) is 2. The number of piperidine rings is 1. The van der Waals surface area contributed by atoms with Crippen molar-refractivity contribution in [2.75, 3.05) is 46.5 Å². The van der Waals surface area contributed by atoms with Gasteiger partial charge in [0.25, 0.3) is 5.91 Å². The molecule has 0 aliphatic carbocycles. The Labute approximate surface area is 245 Å². The summed E-state index contributed by atoms with van der Waals surface area (Å²) in [4.78, 5) is 35.6. The highest BCUT2D eigenvalue weighted by atomic mass is 16.5. The minimum Gasteiger partial charge on any atom is -0.491 e. The highest BCUT2D eigenvalue weighted by molar-refractivity contribution is 5.95. The summed E-state index contributed by atoms with van der Waals surface area (Å²) in [6.07, 6.45) is 2.19. The quantitative estimate of drug-likeness (QED) is 0.328. The maximum absolute atomic E-state index is 13.0. The maximum Gasteiger partial charge on any atom is 0.315 e. The number of fused-ring (bicyclic) bond motifs is 5. The van der Waals surface area contributed by atoms with E-state index in [1.165, 1.54) is 0 Å². The van der Waals surface area contributed by atoms with Crippen molar-refractivity contribution in [2.45, 2.75) is 38.6 Å². The SMILES string of the molecule is COCCOc1cc2cc(c1)C(=O)NCCNC(=O)N[C@H]1CCN(Cc3nc[nH]c3C)C[C@@H]1OCc1cccc(c1)O2. The monoisotopic (exact) mass is 578 g/mol. The molecule has 1 aromatic heterocycles. The molecule has 5 rings (SSSR count). The molecule has 0 radical (unpaired) electrons. The molecule has 42 heavy (non-hydrogen) atoms. The van der Waals surface area contributed by atoms with E-state index >= 15 is 0 Å². The third-order valence-electron chi connectivity index (χ3n) is 7.26. The first-order valence-electron chi connectivity index (χ1n) is 14.2. The third kappa shape index (κ3) is 7.99. The molecule has 2 aliphatic heterocycles. The molecule has 3 heterocycles. The van der Waals surface area contributed by atoms with Crippen molar-refractivity contribution in [3.05, 3.63) is 71.3 Å². The molecule has 224 valence electrons. The number of carbonyl (C=O) groups is 2. The smallest absolute Gasteiger partial charge is 0.315 e. The van der Waals surface area contributed by atoms with E-state index in [4.69, 9.17) is 18.9 Å². The zero-order valence-corrected chi connectivity index (χ0v) is 24.0. The number of benzene rings is 2. The predicted molar refractivity (Wildman–Crippen MR) is 155 cm³/mol. The Kier molecular flexibility index (Phi) is 9.90. The zero-order chi connectivity index (χ0) is 29.3. The van der Waals surface area contributed by atoms with Crippen molar-refractivity contribution in [3.8, 4) is 17.2 Å². The lowest BCUT2D eigenvalue weighted by Gasteiger charge is -2.38. The lowest BCUT2D eigenvalue weighted by Crippen LogP contribution is -2.56. The minimum atomic E-state index is -0.304. The fourth-order valence-corrected chi connectivity index (χ4v) is 5.02. The van der Waals surface area contributed by atoms with Crippen LogP contribution >= 0.6 is 0 Å². The summed E-state index contributed by atoms with van der Waals surface area (Å²) in [6, 6.07) is 12.2. The Bertz CT molecular complexity index is 1360. The van der Waals surface area contributed by atoms with E-state index in [9.17, 15) is 9.59 Å². The number of carbonyl (C=O) groups excluding carboxylic acids is 2. The molecule has 0 saturated carbocycles. The van der Waals surface area contributed by atoms with E-state index in [1.54, 1.807) is 31.6 Å². The van der Waals surface area contributed by atoms with Gasteiger partial charge in [-0.05, 0) is 43.2 Å². The fourth-order valence-electron chi connectivity index (χ4n) is 5.02. The Morgan fingerprint density at radius 2 is 1.95 bits per heavy atom. The molecule has 4 N–H and O–H groups in total. The van der Waals surface area contributed by atoms with Crippen LogP contribution in [-0.4, -0.2) is 85.5 Å². The van der Waals surface area contributed by atoms with Gasteiger partial charge in [0.15, 0.2) is 0 Å². The van der Waals surface area contributed by atoms with Crippen LogP contribution in [0.5, 0.6) is 17.2 Å². The number of imidazole rings is 1. The lowest BCUT2D eigenvalue weighted by atomic mass is 10.0. The number of aromatic nitrogens is 2. The molecule has 2 aliphatic rings. The molecule has 12 nitrogen and oxygen atoms in total. The zero-order valence-electron chi connectivity index (χ0n) is 24.0. The molecule has 2 atom stereocenters. The van der Waals surface area contributed by atoms with E-state index < -0.39 is 0 Å². The summed E-state index contributed by atoms with van der Waals surface area (Å²) < 4.78 is 23.5. The molecular weight excluding hydrogens is 540 g/mol. The summed E-state index contributed by atoms with van der Waals surface area (Å²) in [5.41, 5.74) is 3.35. The number of ether oxygens (including phenoxy) is 4. The van der Waals surface area contributed by atoms with Crippen molar-refractivity contribution in [1.29, 1.82) is 0 Å². The number of aromatic amines is 1. The average Bonchev–Trinajstić information content (AvgIpc) is 3.38. The summed E-state index contributed by atoms with van der Waals surface area (Å²) in [5.74, 6) is 1.25. The lowest BCUT2D eigenvalue weighted by molar-refractivity contribution is -0.0306. The molecule has 0 spiro atoms. The fraction of sp³-hybridized carbons (Fsp3) is 0.433. The van der Waals surface area contributed by atoms with E-state index in [-0.39, 0.29) is 37.2 Å². The highest BCUT2D eigenvalue weighted by Gasteiger charge is 2.32. The average molecular weight is 579 g/mol. The Balaban J connectivity index is 1.35. The summed E-state index contributed by atoms with van der Waals surface area (Å²) in [7, 11) is 1.60. The molecule has 0 unspecified atom stereocenters. The van der Waals surface area contributed by atoms with Gasteiger partial charge in [0.05, 0.1) is 37.4 Å². The normalized spacial score (nSPS) is 20.1. The number of methoxy groups -OCH3 is 1. The summed E-state index contributed by atoms with van der Waals surface area (Å²) in [5, 5.41) is 8.77. The van der Waals surface area contributed by atoms with Gasteiger partial charge in [-0.1, -0.05) is 12.1 Å². The number of aryl methyl sites for hydroxylation is 1. The Morgan fingerprint density at radius 1 is 1.07 bits per heavy atom. The highest BCUT2D eigenvalue weighted by Crippen LogP contribution is 2.29. The molecule has 4 bridgehead atoms. The molecule has 12 heteroatoms. The number of amides is 3. The number of hydrogen-bond donors (Lipinski definition) is 4. The Hall–Kier alpha value is -4.13. The second-order valence-electron chi connectivity index (χ2n) is 10.4. The molecule has 3 amide bonds. The number of urea groups is 1. The first-order chi connectivity index (χ1) is 20.5. The number of H-pyrrole nitrogens is 1. The third-order valence-corrected chi connectivity index (χ3v) is 7.26. The van der Waals surface area contributed by atoms with E-state index in [1.807, 2.05) is 31.2 Å². The van der Waals surface area contributed by atoms with Crippen LogP contribution in [0.15, 0.2) is 48.8 Å². The standard InChI is InChI=1S/C30H38N6O6/c1-20-27(34-19-33-20)16-36-9-6-26-28(17-36)41-18-21-4-3-5-23(12-21)42-25-14-22(13-24(15-25)40-11-10-39-2)29(37)31-7-8-32-30(38)35-26/h3-5,12-15,19,26,28H,6-11,16-18H2,1-2H3,(H,31,37)(H,33,34)(H2,32,35,38)/t26-,28-/m0/s1. The van der Waals surface area contributed by atoms with Gasteiger partial charge in [0.2, 0.25) is 0 Å². The van der Waals surface area contributed by atoms with E-state index in [2.05, 4.69) is 30.8 Å². The van der Waals surface area contributed by atoms with Crippen LogP contribution in [0, 0.1) is 6.92 Å². The van der Waals surface area contributed by atoms with Crippen LogP contribution in [-0.2, 0) is 22.6 Å². The van der Waals surface area contributed by atoms with E-state index in [0.29, 0.717) is 55.7 Å². The second kappa shape index (κ2) is 14.2. The van der Waals surface area contributed by atoms with Crippen molar-refractivity contribution >= 4 is 11.9 Å². The number of hydrogen-bond acceptors (Lipinski definition) is 8. The molecule has 1 saturated heterocycles. The molecule has 1 fully saturated rings. The van der Waals surface area contributed by atoms with E-state index in [0.717, 1.165) is 29.9 Å². The molecule has 2 aromatic carbocycles. The van der Waals surface area contributed by atoms with Gasteiger partial charge in [0, 0.05) is 57.2 Å². The van der Waals surface area contributed by atoms with Crippen LogP contribution in [0.3, 0.4) is 0 Å². The van der Waals surface area contributed by atoms with Crippen molar-refractivity contribution < 1.29 is 28.5 Å². The molecule has 3 aromatic rings. The topological polar surface area (TPSA) is 139 Å². The predicted octanol–water partition coefficient (Wildman–Crippen LogP) is 2.74. The molecular formula is C30H38N6O6. The summed E-state index contributed by atoms with van der Waals surface area (Å²) >= 11 is 0. The van der Waals surface area contributed by atoms with Gasteiger partial charge < -0.3 is 39.9 Å². The maximum atomic E-state index is 13.0. The van der Waals surface area contributed by atoms with Gasteiger partial charge in [-0.15, -0.1) is 0 Å². The van der Waals surface area contributed by atoms with Crippen molar-refractivity contribution in [1.82, 2.24) is 30.8 Å². The first-order valence-corrected chi connectivity index (χ1v) is 14.2. The number of nitrogens with one attached hydrogen (secondary N) is 4. The van der Waals surface area contributed by atoms with Crippen molar-refractivity contribution in [3.63, 3.8) is 0 Å². The van der Waals surface area contributed by atoms with Crippen LogP contribution in [0.4, 0.5) is 4.79 Å². The van der Waals surface area contributed by atoms with Crippen LogP contribution < -0.4 is 25.4 Å². The van der Waals surface area contributed by atoms with Gasteiger partial charge in [-0.25, -0.2) is 9.78 Å². The number of likely N-dealkylation sites (tertiary alicyclic amines) is 1. The van der Waals surface area contributed by atoms with Gasteiger partial charge >= 0.3 is 6.03 Å². The van der Waals surface area contributed by atoms with Crippen LogP contribution in [0.1, 0.15) is 33.7 Å². The second-order valence-corrected chi connectivity index (χ2v) is 10.4. The Morgan fingerprint density at radius 3 is 2.79 bits per heavy atom. The van der Waals surface area contributed by atoms with Gasteiger partial charge in [-0.2, -0.15) is 0 Å². The first kappa shape index (κ1) is 29.4. The number of rotatable bonds is 6. The minimum absolute atomic E-state index is 0.175. The largest absolute Gasteiger partial charge is 0.491 e. The van der Waals surface area contributed by atoms with Crippen LogP contribution in [0.25, 0.3) is 0 Å². The van der Waals surface area contributed by atoms with Gasteiger partial charge in [-0.3, -0.25) is 9.69 Å².